The van der Waals surface area contributed by atoms with Crippen molar-refractivity contribution >= 4 is 33.4 Å². The molecule has 2 heterocycles. The molecule has 2 aromatic rings. The van der Waals surface area contributed by atoms with Crippen molar-refractivity contribution in [2.24, 2.45) is 5.92 Å². The maximum absolute atomic E-state index is 12.9. The van der Waals surface area contributed by atoms with Crippen molar-refractivity contribution in [1.82, 2.24) is 14.8 Å². The van der Waals surface area contributed by atoms with Gasteiger partial charge in [0, 0.05) is 20.0 Å². The number of likely N-dealkylation sites (N-methyl/N-ethyl adjacent to an activating group) is 1. The topological polar surface area (TPSA) is 53.5 Å². The lowest BCUT2D eigenvalue weighted by Crippen LogP contribution is -2.50. The van der Waals surface area contributed by atoms with Gasteiger partial charge in [0.05, 0.1) is 16.8 Å². The number of benzene rings is 1. The van der Waals surface area contributed by atoms with Crippen molar-refractivity contribution in [2.75, 3.05) is 13.6 Å². The lowest BCUT2D eigenvalue weighted by atomic mass is 10.0. The molecule has 1 saturated heterocycles. The highest BCUT2D eigenvalue weighted by atomic mass is 32.1. The van der Waals surface area contributed by atoms with Gasteiger partial charge in [-0.25, -0.2) is 4.98 Å². The van der Waals surface area contributed by atoms with Gasteiger partial charge in [-0.1, -0.05) is 26.0 Å². The molecule has 1 atom stereocenters. The molecule has 0 spiro atoms. The maximum Gasteiger partial charge on any atom is 0.245 e. The highest BCUT2D eigenvalue weighted by molar-refractivity contribution is 7.18. The molecule has 0 N–H and O–H groups in total. The van der Waals surface area contributed by atoms with Gasteiger partial charge in [-0.15, -0.1) is 11.3 Å². The number of carbonyl (C=O) groups excluding carboxylic acids is 2. The van der Waals surface area contributed by atoms with Gasteiger partial charge in [0.15, 0.2) is 0 Å². The predicted molar refractivity (Wildman–Crippen MR) is 95.7 cm³/mol. The first-order valence-electron chi connectivity index (χ1n) is 8.36. The fraction of sp³-hybridized carbons (Fsp3) is 0.500. The van der Waals surface area contributed by atoms with E-state index >= 15 is 0 Å². The molecule has 5 nitrogen and oxygen atoms in total. The Labute approximate surface area is 146 Å². The first kappa shape index (κ1) is 16.9. The van der Waals surface area contributed by atoms with Gasteiger partial charge in [-0.05, 0) is 24.5 Å². The van der Waals surface area contributed by atoms with Crippen molar-refractivity contribution in [2.45, 2.75) is 39.3 Å². The molecular formula is C18H23N3O2S. The number of likely N-dealkylation sites (tertiary alicyclic amines) is 1. The van der Waals surface area contributed by atoms with Crippen LogP contribution in [-0.4, -0.2) is 46.2 Å². The highest BCUT2D eigenvalue weighted by Gasteiger charge is 2.36. The van der Waals surface area contributed by atoms with Crippen LogP contribution in [0, 0.1) is 5.92 Å². The second-order valence-corrected chi connectivity index (χ2v) is 7.76. The molecule has 0 radical (unpaired) electrons. The normalized spacial score (nSPS) is 16.2. The summed E-state index contributed by atoms with van der Waals surface area (Å²) in [7, 11) is 1.80. The Bertz CT molecular complexity index is 723. The molecule has 2 amide bonds. The number of hydrogen-bond acceptors (Lipinski definition) is 4. The molecule has 128 valence electrons. The smallest absolute Gasteiger partial charge is 0.245 e. The standard InChI is InChI=1S/C18H23N3O2S/c1-12(2)17(21-10-6-9-16(21)22)18(23)20(3)11-15-19-13-7-4-5-8-14(13)24-15/h4-5,7-8,12,17H,6,9-11H2,1-3H3/t17-/m0/s1. The third-order valence-electron chi connectivity index (χ3n) is 4.42. The summed E-state index contributed by atoms with van der Waals surface area (Å²) in [6.45, 7) is 5.16. The minimum absolute atomic E-state index is 0.000457. The summed E-state index contributed by atoms with van der Waals surface area (Å²) in [6, 6.07) is 7.61. The van der Waals surface area contributed by atoms with Crippen molar-refractivity contribution in [3.8, 4) is 0 Å². The zero-order valence-electron chi connectivity index (χ0n) is 14.4. The number of hydrogen-bond donors (Lipinski definition) is 0. The second kappa shape index (κ2) is 6.89. The minimum Gasteiger partial charge on any atom is -0.337 e. The monoisotopic (exact) mass is 345 g/mol. The molecule has 1 fully saturated rings. The molecule has 0 saturated carbocycles. The fourth-order valence-corrected chi connectivity index (χ4v) is 4.26. The summed E-state index contributed by atoms with van der Waals surface area (Å²) < 4.78 is 1.13. The number of amides is 2. The molecule has 6 heteroatoms. The van der Waals surface area contributed by atoms with Crippen LogP contribution in [0.15, 0.2) is 24.3 Å². The van der Waals surface area contributed by atoms with E-state index in [-0.39, 0.29) is 23.8 Å². The van der Waals surface area contributed by atoms with E-state index in [9.17, 15) is 9.59 Å². The molecule has 1 aromatic heterocycles. The van der Waals surface area contributed by atoms with Gasteiger partial charge in [0.2, 0.25) is 11.8 Å². The van der Waals surface area contributed by atoms with Crippen LogP contribution in [0.25, 0.3) is 10.2 Å². The predicted octanol–water partition coefficient (Wildman–Crippen LogP) is 2.90. The van der Waals surface area contributed by atoms with E-state index in [0.717, 1.165) is 21.6 Å². The van der Waals surface area contributed by atoms with Gasteiger partial charge in [0.25, 0.3) is 0 Å². The molecule has 3 rings (SSSR count). The van der Waals surface area contributed by atoms with E-state index in [2.05, 4.69) is 4.98 Å². The van der Waals surface area contributed by atoms with E-state index in [1.54, 1.807) is 28.2 Å². The van der Waals surface area contributed by atoms with E-state index in [1.165, 1.54) is 0 Å². The van der Waals surface area contributed by atoms with Gasteiger partial charge in [-0.2, -0.15) is 0 Å². The first-order valence-corrected chi connectivity index (χ1v) is 9.18. The van der Waals surface area contributed by atoms with Crippen molar-refractivity contribution in [1.29, 1.82) is 0 Å². The van der Waals surface area contributed by atoms with Crippen LogP contribution >= 0.6 is 11.3 Å². The minimum atomic E-state index is -0.376. The molecule has 1 aliphatic rings. The molecular weight excluding hydrogens is 322 g/mol. The van der Waals surface area contributed by atoms with Crippen LogP contribution < -0.4 is 0 Å². The Hall–Kier alpha value is -1.95. The molecule has 0 bridgehead atoms. The third-order valence-corrected chi connectivity index (χ3v) is 5.44. The quantitative estimate of drug-likeness (QED) is 0.837. The van der Waals surface area contributed by atoms with E-state index in [4.69, 9.17) is 0 Å². The summed E-state index contributed by atoms with van der Waals surface area (Å²) in [5.74, 6) is 0.187. The number of thiazole rings is 1. The van der Waals surface area contributed by atoms with Crippen LogP contribution in [0.3, 0.4) is 0 Å². The van der Waals surface area contributed by atoms with Crippen molar-refractivity contribution in [3.63, 3.8) is 0 Å². The third kappa shape index (κ3) is 3.29. The van der Waals surface area contributed by atoms with Crippen LogP contribution in [-0.2, 0) is 16.1 Å². The van der Waals surface area contributed by atoms with E-state index < -0.39 is 0 Å². The number of fused-ring (bicyclic) bond motifs is 1. The lowest BCUT2D eigenvalue weighted by molar-refractivity contribution is -0.144. The van der Waals surface area contributed by atoms with Crippen LogP contribution in [0.5, 0.6) is 0 Å². The number of para-hydroxylation sites is 1. The van der Waals surface area contributed by atoms with Crippen molar-refractivity contribution in [3.05, 3.63) is 29.3 Å². The number of aromatic nitrogens is 1. The molecule has 24 heavy (non-hydrogen) atoms. The fourth-order valence-electron chi connectivity index (χ4n) is 3.24. The summed E-state index contributed by atoms with van der Waals surface area (Å²) in [6.07, 6.45) is 1.40. The van der Waals surface area contributed by atoms with Gasteiger partial charge in [-0.3, -0.25) is 9.59 Å². The largest absolute Gasteiger partial charge is 0.337 e. The number of carbonyl (C=O) groups is 2. The zero-order chi connectivity index (χ0) is 17.3. The Morgan fingerprint density at radius 1 is 1.38 bits per heavy atom. The van der Waals surface area contributed by atoms with E-state index in [1.807, 2.05) is 38.1 Å². The first-order chi connectivity index (χ1) is 11.5. The van der Waals surface area contributed by atoms with Crippen LogP contribution in [0.2, 0.25) is 0 Å². The average Bonchev–Trinajstić information content (AvgIpc) is 3.13. The summed E-state index contributed by atoms with van der Waals surface area (Å²) in [4.78, 5) is 33.1. The van der Waals surface area contributed by atoms with Crippen molar-refractivity contribution < 1.29 is 9.59 Å². The zero-order valence-corrected chi connectivity index (χ0v) is 15.2. The summed E-state index contributed by atoms with van der Waals surface area (Å²) in [5, 5.41) is 0.919. The Morgan fingerprint density at radius 3 is 2.75 bits per heavy atom. The van der Waals surface area contributed by atoms with Gasteiger partial charge < -0.3 is 9.80 Å². The van der Waals surface area contributed by atoms with Gasteiger partial charge >= 0.3 is 0 Å². The van der Waals surface area contributed by atoms with Gasteiger partial charge in [0.1, 0.15) is 11.0 Å². The Kier molecular flexibility index (Phi) is 4.85. The average molecular weight is 345 g/mol. The Balaban J connectivity index is 1.75. The molecule has 0 aliphatic carbocycles. The number of rotatable bonds is 5. The number of nitrogens with zero attached hydrogens (tertiary/aromatic N) is 3. The summed E-state index contributed by atoms with van der Waals surface area (Å²) in [5.41, 5.74) is 0.966. The van der Waals surface area contributed by atoms with Crippen LogP contribution in [0.1, 0.15) is 31.7 Å². The SMILES string of the molecule is CC(C)[C@@H](C(=O)N(C)Cc1nc2ccccc2s1)N1CCCC1=O. The highest BCUT2D eigenvalue weighted by Crippen LogP contribution is 2.24. The Morgan fingerprint density at radius 2 is 2.12 bits per heavy atom. The lowest BCUT2D eigenvalue weighted by Gasteiger charge is -2.32. The van der Waals surface area contributed by atoms with Crippen LogP contribution in [0.4, 0.5) is 0 Å². The second-order valence-electron chi connectivity index (χ2n) is 6.65. The molecule has 0 unspecified atom stereocenters. The summed E-state index contributed by atoms with van der Waals surface area (Å²) >= 11 is 1.61. The molecule has 1 aliphatic heterocycles. The van der Waals surface area contributed by atoms with E-state index in [0.29, 0.717) is 19.5 Å². The maximum atomic E-state index is 12.9. The molecule has 1 aromatic carbocycles.